The summed E-state index contributed by atoms with van der Waals surface area (Å²) in [7, 11) is 0. The maximum atomic E-state index is 10.4. The second-order valence-electron chi connectivity index (χ2n) is 4.05. The van der Waals surface area contributed by atoms with Crippen LogP contribution in [0.2, 0.25) is 5.02 Å². The summed E-state index contributed by atoms with van der Waals surface area (Å²) >= 11 is 9.34. The van der Waals surface area contributed by atoms with Gasteiger partial charge in [-0.1, -0.05) is 29.8 Å². The predicted molar refractivity (Wildman–Crippen MR) is 74.1 cm³/mol. The van der Waals surface area contributed by atoms with Gasteiger partial charge in [0.2, 0.25) is 0 Å². The molecule has 2 aromatic rings. The molecular weight excluding hydrogens is 272 g/mol. The molecule has 1 nitrogen and oxygen atoms in total. The van der Waals surface area contributed by atoms with E-state index in [0.29, 0.717) is 5.02 Å². The average molecular weight is 283 g/mol. The number of rotatable bonds is 2. The SMILES string of the molecule is OC(c1sccc1Cl)C1Cc2ccccc2S1. The maximum Gasteiger partial charge on any atom is 0.102 e. The molecule has 4 heteroatoms. The Morgan fingerprint density at radius 1 is 1.29 bits per heavy atom. The molecule has 1 aromatic carbocycles. The van der Waals surface area contributed by atoms with E-state index in [1.54, 1.807) is 11.8 Å². The van der Waals surface area contributed by atoms with Gasteiger partial charge in [0.05, 0.1) is 9.90 Å². The Balaban J connectivity index is 1.83. The van der Waals surface area contributed by atoms with E-state index in [1.807, 2.05) is 23.6 Å². The fourth-order valence-corrected chi connectivity index (χ4v) is 4.69. The lowest BCUT2D eigenvalue weighted by atomic mass is 10.1. The molecule has 17 heavy (non-hydrogen) atoms. The Morgan fingerprint density at radius 2 is 2.12 bits per heavy atom. The highest BCUT2D eigenvalue weighted by Gasteiger charge is 2.30. The van der Waals surface area contributed by atoms with Gasteiger partial charge in [-0.25, -0.2) is 0 Å². The van der Waals surface area contributed by atoms with E-state index >= 15 is 0 Å². The first kappa shape index (κ1) is 11.6. The fourth-order valence-electron chi connectivity index (χ4n) is 2.07. The summed E-state index contributed by atoms with van der Waals surface area (Å²) in [5.41, 5.74) is 1.33. The number of aliphatic hydroxyl groups is 1. The third-order valence-electron chi connectivity index (χ3n) is 2.94. The van der Waals surface area contributed by atoms with Crippen molar-refractivity contribution in [3.8, 4) is 0 Å². The highest BCUT2D eigenvalue weighted by atomic mass is 35.5. The standard InChI is InChI=1S/C13H11ClOS2/c14-9-5-6-16-13(9)12(15)11-7-8-3-1-2-4-10(8)17-11/h1-6,11-12,15H,7H2. The number of halogens is 1. The Bertz CT molecular complexity index is 513. The number of fused-ring (bicyclic) bond motifs is 1. The number of aliphatic hydroxyl groups excluding tert-OH is 1. The number of thiophene rings is 1. The molecule has 2 heterocycles. The molecule has 0 aliphatic carbocycles. The van der Waals surface area contributed by atoms with E-state index in [1.165, 1.54) is 21.8 Å². The lowest BCUT2D eigenvalue weighted by Gasteiger charge is -2.15. The summed E-state index contributed by atoms with van der Waals surface area (Å²) in [6, 6.07) is 10.2. The van der Waals surface area contributed by atoms with Gasteiger partial charge in [0.25, 0.3) is 0 Å². The van der Waals surface area contributed by atoms with Gasteiger partial charge < -0.3 is 5.11 Å². The largest absolute Gasteiger partial charge is 0.386 e. The summed E-state index contributed by atoms with van der Waals surface area (Å²) in [4.78, 5) is 2.17. The van der Waals surface area contributed by atoms with Crippen LogP contribution in [0.4, 0.5) is 0 Å². The van der Waals surface area contributed by atoms with Crippen LogP contribution >= 0.6 is 34.7 Å². The molecule has 1 N–H and O–H groups in total. The zero-order valence-electron chi connectivity index (χ0n) is 8.97. The van der Waals surface area contributed by atoms with Gasteiger partial charge in [0, 0.05) is 10.1 Å². The van der Waals surface area contributed by atoms with Crippen LogP contribution in [0.25, 0.3) is 0 Å². The third kappa shape index (κ3) is 2.13. The second-order valence-corrected chi connectivity index (χ2v) is 6.68. The van der Waals surface area contributed by atoms with Crippen LogP contribution in [-0.4, -0.2) is 10.4 Å². The van der Waals surface area contributed by atoms with Gasteiger partial charge in [-0.2, -0.15) is 0 Å². The lowest BCUT2D eigenvalue weighted by molar-refractivity contribution is 0.179. The Morgan fingerprint density at radius 3 is 2.82 bits per heavy atom. The molecule has 0 fully saturated rings. The van der Waals surface area contributed by atoms with E-state index in [-0.39, 0.29) is 5.25 Å². The smallest absolute Gasteiger partial charge is 0.102 e. The van der Waals surface area contributed by atoms with E-state index in [9.17, 15) is 5.11 Å². The molecule has 0 bridgehead atoms. The van der Waals surface area contributed by atoms with Crippen molar-refractivity contribution >= 4 is 34.7 Å². The van der Waals surface area contributed by atoms with E-state index in [4.69, 9.17) is 11.6 Å². The first-order valence-electron chi connectivity index (χ1n) is 5.41. The van der Waals surface area contributed by atoms with Crippen LogP contribution in [0.15, 0.2) is 40.6 Å². The third-order valence-corrected chi connectivity index (χ3v) is 5.75. The minimum atomic E-state index is -0.472. The number of thioether (sulfide) groups is 1. The van der Waals surface area contributed by atoms with Gasteiger partial charge >= 0.3 is 0 Å². The molecule has 1 aliphatic heterocycles. The Labute approximate surface area is 113 Å². The average Bonchev–Trinajstić information content (AvgIpc) is 2.93. The number of hydrogen-bond donors (Lipinski definition) is 1. The van der Waals surface area contributed by atoms with Gasteiger partial charge in [0.1, 0.15) is 6.10 Å². The molecule has 0 spiro atoms. The maximum absolute atomic E-state index is 10.4. The minimum absolute atomic E-state index is 0.184. The van der Waals surface area contributed by atoms with Crippen molar-refractivity contribution in [2.24, 2.45) is 0 Å². The van der Waals surface area contributed by atoms with E-state index < -0.39 is 6.10 Å². The van der Waals surface area contributed by atoms with Crippen LogP contribution in [0.1, 0.15) is 16.5 Å². The van der Waals surface area contributed by atoms with Crippen molar-refractivity contribution < 1.29 is 5.11 Å². The lowest BCUT2D eigenvalue weighted by Crippen LogP contribution is -2.13. The van der Waals surface area contributed by atoms with Crippen molar-refractivity contribution in [3.63, 3.8) is 0 Å². The fraction of sp³-hybridized carbons (Fsp3) is 0.231. The molecule has 0 saturated heterocycles. The van der Waals surface area contributed by atoms with Crippen LogP contribution in [-0.2, 0) is 6.42 Å². The van der Waals surface area contributed by atoms with Crippen molar-refractivity contribution in [2.45, 2.75) is 22.7 Å². The summed E-state index contributed by atoms with van der Waals surface area (Å²) in [5.74, 6) is 0. The quantitative estimate of drug-likeness (QED) is 0.893. The Hall–Kier alpha value is -0.480. The highest BCUT2D eigenvalue weighted by molar-refractivity contribution is 8.00. The van der Waals surface area contributed by atoms with Crippen LogP contribution in [0.5, 0.6) is 0 Å². The van der Waals surface area contributed by atoms with Crippen LogP contribution < -0.4 is 0 Å². The van der Waals surface area contributed by atoms with Crippen molar-refractivity contribution in [1.82, 2.24) is 0 Å². The second kappa shape index (κ2) is 4.65. The molecule has 1 aliphatic rings. The van der Waals surface area contributed by atoms with Gasteiger partial charge in [-0.05, 0) is 29.5 Å². The molecular formula is C13H11ClOS2. The molecule has 88 valence electrons. The van der Waals surface area contributed by atoms with Crippen molar-refractivity contribution in [2.75, 3.05) is 0 Å². The predicted octanol–water partition coefficient (Wildman–Crippen LogP) is 4.15. The van der Waals surface area contributed by atoms with Gasteiger partial charge in [0.15, 0.2) is 0 Å². The molecule has 2 atom stereocenters. The Kier molecular flexibility index (Phi) is 3.17. The summed E-state index contributed by atoms with van der Waals surface area (Å²) in [5, 5.41) is 13.2. The van der Waals surface area contributed by atoms with Crippen molar-refractivity contribution in [1.29, 1.82) is 0 Å². The number of hydrogen-bond acceptors (Lipinski definition) is 3. The minimum Gasteiger partial charge on any atom is -0.386 e. The molecule has 0 amide bonds. The molecule has 1 aromatic heterocycles. The number of benzene rings is 1. The topological polar surface area (TPSA) is 20.2 Å². The van der Waals surface area contributed by atoms with E-state index in [2.05, 4.69) is 12.1 Å². The molecule has 0 radical (unpaired) electrons. The van der Waals surface area contributed by atoms with Crippen molar-refractivity contribution in [3.05, 3.63) is 51.2 Å². The van der Waals surface area contributed by atoms with Crippen LogP contribution in [0, 0.1) is 0 Å². The molecule has 3 rings (SSSR count). The zero-order valence-corrected chi connectivity index (χ0v) is 11.4. The normalized spacial score (nSPS) is 20.2. The summed E-state index contributed by atoms with van der Waals surface area (Å²) in [6.07, 6.45) is 0.441. The summed E-state index contributed by atoms with van der Waals surface area (Å²) in [6.45, 7) is 0. The van der Waals surface area contributed by atoms with E-state index in [0.717, 1.165) is 11.3 Å². The first-order valence-corrected chi connectivity index (χ1v) is 7.55. The summed E-state index contributed by atoms with van der Waals surface area (Å²) < 4.78 is 0. The monoisotopic (exact) mass is 282 g/mol. The zero-order chi connectivity index (χ0) is 11.8. The highest BCUT2D eigenvalue weighted by Crippen LogP contribution is 2.44. The molecule has 0 saturated carbocycles. The first-order chi connectivity index (χ1) is 8.25. The molecule has 2 unspecified atom stereocenters. The van der Waals surface area contributed by atoms with Gasteiger partial charge in [-0.15, -0.1) is 23.1 Å². The van der Waals surface area contributed by atoms with Crippen LogP contribution in [0.3, 0.4) is 0 Å². The van der Waals surface area contributed by atoms with Gasteiger partial charge in [-0.3, -0.25) is 0 Å².